The van der Waals surface area contributed by atoms with E-state index in [-0.39, 0.29) is 72.7 Å². The van der Waals surface area contributed by atoms with Gasteiger partial charge in [0, 0.05) is 92.4 Å². The number of ether oxygens (including phenoxy) is 3. The first-order valence-corrected chi connectivity index (χ1v) is 28.6. The molecule has 80 heavy (non-hydrogen) atoms. The first-order chi connectivity index (χ1) is 38.1. The number of fused-ring (bicyclic) bond motifs is 4. The summed E-state index contributed by atoms with van der Waals surface area (Å²) in [4.78, 5) is 113. The van der Waals surface area contributed by atoms with Crippen molar-refractivity contribution in [1.82, 2.24) is 35.3 Å². The summed E-state index contributed by atoms with van der Waals surface area (Å²) in [6, 6.07) is 1.93. The first-order valence-electron chi connectivity index (χ1n) is 28.6. The zero-order valence-electron chi connectivity index (χ0n) is 48.2. The minimum absolute atomic E-state index is 0.0198. The molecular weight excluding hydrogens is 1030 g/mol. The molecule has 5 unspecified atom stereocenters. The molecule has 18 nitrogen and oxygen atoms in total. The van der Waals surface area contributed by atoms with Gasteiger partial charge in [-0.1, -0.05) is 19.4 Å². The number of rotatable bonds is 25. The van der Waals surface area contributed by atoms with E-state index >= 15 is 4.39 Å². The average molecular weight is 1110 g/mol. The Hall–Kier alpha value is -6.60. The zero-order valence-corrected chi connectivity index (χ0v) is 48.2. The lowest BCUT2D eigenvalue weighted by atomic mass is 9.81. The van der Waals surface area contributed by atoms with Crippen LogP contribution in [-0.4, -0.2) is 118 Å². The standard InChI is InChI=1S/C61H82FN7O11/c1-10-38(35-70)42-32-49-55-43(34-69(49)58(76)44(42)36-78-9)54-48(25-24-41-37(2)45(62)33-47(65-55)53(41)54)67(8)59(77)80-40-19-14-13-18-39(22-23-40)56(74)63-29-16-15-20-46(57(75)66-61(6,7)28-31-79-60(3,4)5)64-50(71)21-12-11-17-30-68-51(72)26-27-52(68)73/h14,19,26-27,32-33,35,38-40,46,48H,10-13,15-18,20-25,28-31,34,36H2,1-9H3,(H,63,74)(H,64,71)(H,66,75)/b19-14+. The van der Waals surface area contributed by atoms with Crippen molar-refractivity contribution in [3.63, 3.8) is 0 Å². The van der Waals surface area contributed by atoms with E-state index in [2.05, 4.69) is 16.0 Å². The molecule has 3 N–H and O–H groups in total. The van der Waals surface area contributed by atoms with Crippen LogP contribution in [0.5, 0.6) is 0 Å². The van der Waals surface area contributed by atoms with Gasteiger partial charge in [-0.05, 0) is 159 Å². The van der Waals surface area contributed by atoms with Crippen molar-refractivity contribution in [2.45, 2.75) is 193 Å². The van der Waals surface area contributed by atoms with Gasteiger partial charge in [0.1, 0.15) is 24.2 Å². The number of aromatic nitrogens is 2. The van der Waals surface area contributed by atoms with E-state index in [1.807, 2.05) is 59.8 Å². The Balaban J connectivity index is 0.950. The van der Waals surface area contributed by atoms with Crippen LogP contribution in [0.4, 0.5) is 9.18 Å². The van der Waals surface area contributed by atoms with Crippen molar-refractivity contribution >= 4 is 52.8 Å². The smallest absolute Gasteiger partial charge is 0.410 e. The van der Waals surface area contributed by atoms with Crippen molar-refractivity contribution in [2.75, 3.05) is 33.9 Å². The number of aldehydes is 1. The number of pyridine rings is 2. The number of allylic oxidation sites excluding steroid dienone is 1. The highest BCUT2D eigenvalue weighted by molar-refractivity contribution is 6.12. The van der Waals surface area contributed by atoms with E-state index in [1.165, 1.54) is 30.2 Å². The number of nitrogens with one attached hydrogen (secondary N) is 3. The Labute approximate surface area is 469 Å². The molecule has 0 radical (unpaired) electrons. The molecule has 2 aliphatic heterocycles. The third-order valence-corrected chi connectivity index (χ3v) is 16.0. The van der Waals surface area contributed by atoms with Crippen LogP contribution in [0.2, 0.25) is 0 Å². The molecule has 2 aliphatic carbocycles. The number of hydrogen-bond acceptors (Lipinski definition) is 12. The first kappa shape index (κ1) is 61.0. The molecule has 0 fully saturated rings. The van der Waals surface area contributed by atoms with Crippen molar-refractivity contribution in [2.24, 2.45) is 5.92 Å². The Morgan fingerprint density at radius 3 is 2.41 bits per heavy atom. The van der Waals surface area contributed by atoms with Crippen LogP contribution in [0.15, 0.2) is 41.2 Å². The summed E-state index contributed by atoms with van der Waals surface area (Å²) in [5, 5.41) is 9.87. The lowest BCUT2D eigenvalue weighted by Gasteiger charge is -2.35. The quantitative estimate of drug-likeness (QED) is 0.0247. The Morgan fingerprint density at radius 1 is 0.963 bits per heavy atom. The number of unbranched alkanes of at least 4 members (excludes halogenated alkanes) is 3. The largest absolute Gasteiger partial charge is 0.442 e. The fourth-order valence-corrected chi connectivity index (χ4v) is 11.4. The normalized spacial score (nSPS) is 18.9. The number of hydrogen-bond donors (Lipinski definition) is 3. The second-order valence-corrected chi connectivity index (χ2v) is 23.5. The summed E-state index contributed by atoms with van der Waals surface area (Å²) in [5.74, 6) is -2.64. The van der Waals surface area contributed by atoms with Gasteiger partial charge in [-0.3, -0.25) is 33.7 Å². The summed E-state index contributed by atoms with van der Waals surface area (Å²) < 4.78 is 34.8. The van der Waals surface area contributed by atoms with Crippen molar-refractivity contribution in [3.05, 3.63) is 86.0 Å². The van der Waals surface area contributed by atoms with Gasteiger partial charge in [0.15, 0.2) is 0 Å². The molecule has 19 heteroatoms. The lowest BCUT2D eigenvalue weighted by Crippen LogP contribution is -2.53. The number of benzene rings is 1. The van der Waals surface area contributed by atoms with Crippen LogP contribution in [0.25, 0.3) is 22.3 Å². The molecule has 0 saturated carbocycles. The Kier molecular flexibility index (Phi) is 20.4. The van der Waals surface area contributed by atoms with E-state index in [9.17, 15) is 38.4 Å². The number of carbonyl (C=O) groups excluding carboxylic acids is 7. The molecule has 4 aliphatic rings. The minimum atomic E-state index is -0.813. The number of halogens is 1. The molecule has 5 atom stereocenters. The van der Waals surface area contributed by atoms with Gasteiger partial charge in [-0.2, -0.15) is 0 Å². The van der Waals surface area contributed by atoms with Crippen LogP contribution >= 0.6 is 0 Å². The number of nitrogens with zero attached hydrogens (tertiary/aromatic N) is 4. The van der Waals surface area contributed by atoms with Crippen LogP contribution in [-0.2, 0) is 62.6 Å². The minimum Gasteiger partial charge on any atom is -0.442 e. The predicted octanol–water partition coefficient (Wildman–Crippen LogP) is 8.24. The molecule has 0 spiro atoms. The molecule has 4 heterocycles. The van der Waals surface area contributed by atoms with Crippen LogP contribution in [0.1, 0.15) is 177 Å². The fourth-order valence-electron chi connectivity index (χ4n) is 11.4. The van der Waals surface area contributed by atoms with E-state index in [0.29, 0.717) is 137 Å². The van der Waals surface area contributed by atoms with Gasteiger partial charge < -0.3 is 44.4 Å². The molecule has 434 valence electrons. The number of carbonyl (C=O) groups is 7. The van der Waals surface area contributed by atoms with Gasteiger partial charge in [0.2, 0.25) is 17.7 Å². The number of aryl methyl sites for hydroxylation is 1. The molecule has 2 aromatic heterocycles. The molecule has 0 saturated heterocycles. The molecule has 1 aromatic carbocycles. The molecule has 0 bridgehead atoms. The maximum Gasteiger partial charge on any atom is 0.410 e. The maximum atomic E-state index is 15.6. The molecule has 6 amide bonds. The molecule has 7 rings (SSSR count). The molecular formula is C61H82FN7O11. The van der Waals surface area contributed by atoms with E-state index < -0.39 is 41.6 Å². The average Bonchev–Trinajstić information content (AvgIpc) is 3.94. The van der Waals surface area contributed by atoms with Gasteiger partial charge >= 0.3 is 6.09 Å². The highest BCUT2D eigenvalue weighted by atomic mass is 19.1. The number of methoxy groups -OCH3 is 1. The summed E-state index contributed by atoms with van der Waals surface area (Å²) in [6.07, 6.45) is 13.3. The number of amides is 6. The summed E-state index contributed by atoms with van der Waals surface area (Å²) >= 11 is 0. The third kappa shape index (κ3) is 14.7. The van der Waals surface area contributed by atoms with E-state index in [4.69, 9.17) is 19.2 Å². The SMILES string of the molecule is CCC(C=O)c1cc2n(c(=O)c1COC)Cc1c-2nc2cc(F)c(C)c3c2c1C(N(C)C(=O)OC1/C=C/CCC(C(=O)NCCCCC(NC(=O)CCCCCN2C(=O)C=CC2=O)C(=O)NC(C)(C)CCOC(C)(C)C)CC1)CC3. The Bertz CT molecular complexity index is 2940. The third-order valence-electron chi connectivity index (χ3n) is 16.0. The van der Waals surface area contributed by atoms with Crippen molar-refractivity contribution in [1.29, 1.82) is 0 Å². The van der Waals surface area contributed by atoms with Gasteiger partial charge in [-0.25, -0.2) is 14.2 Å². The van der Waals surface area contributed by atoms with Crippen LogP contribution in [0, 0.1) is 18.7 Å². The lowest BCUT2D eigenvalue weighted by molar-refractivity contribution is -0.137. The van der Waals surface area contributed by atoms with Crippen LogP contribution in [0.3, 0.4) is 0 Å². The Morgan fingerprint density at radius 2 is 1.71 bits per heavy atom. The topological polar surface area (TPSA) is 225 Å². The second-order valence-electron chi connectivity index (χ2n) is 23.5. The highest BCUT2D eigenvalue weighted by Gasteiger charge is 2.39. The van der Waals surface area contributed by atoms with Crippen molar-refractivity contribution < 1.29 is 52.2 Å². The van der Waals surface area contributed by atoms with Gasteiger partial charge in [0.25, 0.3) is 17.4 Å². The summed E-state index contributed by atoms with van der Waals surface area (Å²) in [6.45, 7) is 14.6. The fraction of sp³-hybridized carbons (Fsp3) is 0.590. The molecule has 3 aromatic rings. The van der Waals surface area contributed by atoms with E-state index in [0.717, 1.165) is 28.4 Å². The highest BCUT2D eigenvalue weighted by Crippen LogP contribution is 2.47. The zero-order chi connectivity index (χ0) is 58.1. The van der Waals surface area contributed by atoms with Crippen LogP contribution < -0.4 is 21.5 Å². The van der Waals surface area contributed by atoms with Gasteiger partial charge in [-0.15, -0.1) is 0 Å². The monoisotopic (exact) mass is 1110 g/mol. The van der Waals surface area contributed by atoms with E-state index in [1.54, 1.807) is 23.4 Å². The maximum absolute atomic E-state index is 15.6. The van der Waals surface area contributed by atoms with Gasteiger partial charge in [0.05, 0.1) is 41.7 Å². The summed E-state index contributed by atoms with van der Waals surface area (Å²) in [5.41, 5.74) is 4.04. The van der Waals surface area contributed by atoms with Crippen molar-refractivity contribution in [3.8, 4) is 11.4 Å². The second kappa shape index (κ2) is 26.8. The predicted molar refractivity (Wildman–Crippen MR) is 301 cm³/mol. The summed E-state index contributed by atoms with van der Waals surface area (Å²) in [7, 11) is 3.19. The number of imide groups is 1.